The molecule has 0 aliphatic carbocycles. The van der Waals surface area contributed by atoms with E-state index in [9.17, 15) is 9.90 Å². The lowest BCUT2D eigenvalue weighted by Gasteiger charge is -2.28. The fourth-order valence-electron chi connectivity index (χ4n) is 2.25. The van der Waals surface area contributed by atoms with Gasteiger partial charge in [-0.2, -0.15) is 0 Å². The van der Waals surface area contributed by atoms with Crippen molar-refractivity contribution in [2.45, 2.75) is 26.2 Å². The van der Waals surface area contributed by atoms with E-state index in [4.69, 9.17) is 0 Å². The Labute approximate surface area is 114 Å². The average molecular weight is 262 g/mol. The molecule has 0 fully saturated rings. The number of fused-ring (bicyclic) bond motifs is 1. The van der Waals surface area contributed by atoms with Crippen LogP contribution in [0.2, 0.25) is 0 Å². The lowest BCUT2D eigenvalue weighted by atomic mass is 9.89. The Balaban J connectivity index is 2.05. The zero-order valence-corrected chi connectivity index (χ0v) is 11.6. The zero-order chi connectivity index (χ0) is 13.9. The number of carbonyl (C=O) groups excluding carboxylic acids is 1. The molecule has 0 radical (unpaired) electrons. The Hall–Kier alpha value is -1.55. The van der Waals surface area contributed by atoms with Crippen molar-refractivity contribution in [2.75, 3.05) is 25.0 Å². The van der Waals surface area contributed by atoms with Crippen molar-refractivity contribution in [2.24, 2.45) is 5.41 Å². The second-order valence-electron chi connectivity index (χ2n) is 5.90. The summed E-state index contributed by atoms with van der Waals surface area (Å²) in [6.45, 7) is 5.25. The van der Waals surface area contributed by atoms with Gasteiger partial charge in [0.1, 0.15) is 0 Å². The number of anilines is 1. The first-order valence-electron chi connectivity index (χ1n) is 6.75. The van der Waals surface area contributed by atoms with E-state index < -0.39 is 0 Å². The maximum Gasteiger partial charge on any atom is 0.227 e. The van der Waals surface area contributed by atoms with E-state index in [0.717, 1.165) is 24.2 Å². The van der Waals surface area contributed by atoms with Crippen molar-refractivity contribution in [1.82, 2.24) is 5.32 Å². The summed E-state index contributed by atoms with van der Waals surface area (Å²) in [5.74, 6) is -0.0394. The number of rotatable bonds is 4. The van der Waals surface area contributed by atoms with Crippen LogP contribution in [-0.4, -0.2) is 30.7 Å². The number of carbonyl (C=O) groups is 1. The van der Waals surface area contributed by atoms with Crippen LogP contribution in [0, 0.1) is 5.41 Å². The highest BCUT2D eigenvalue weighted by molar-refractivity contribution is 5.86. The van der Waals surface area contributed by atoms with Crippen LogP contribution in [0.4, 0.5) is 5.69 Å². The molecule has 1 aliphatic heterocycles. The molecule has 1 atom stereocenters. The molecule has 1 aromatic carbocycles. The van der Waals surface area contributed by atoms with E-state index in [0.29, 0.717) is 6.54 Å². The summed E-state index contributed by atoms with van der Waals surface area (Å²) in [6, 6.07) is 7.94. The van der Waals surface area contributed by atoms with Crippen molar-refractivity contribution in [1.29, 1.82) is 0 Å². The van der Waals surface area contributed by atoms with Crippen LogP contribution in [0.1, 0.15) is 31.7 Å². The zero-order valence-electron chi connectivity index (χ0n) is 11.6. The minimum absolute atomic E-state index is 0.0514. The molecule has 19 heavy (non-hydrogen) atoms. The van der Waals surface area contributed by atoms with Crippen LogP contribution in [-0.2, 0) is 4.79 Å². The molecule has 1 amide bonds. The molecule has 4 nitrogen and oxygen atoms in total. The third-order valence-corrected chi connectivity index (χ3v) is 3.57. The molecule has 0 aromatic heterocycles. The Bertz CT molecular complexity index is 457. The second kappa shape index (κ2) is 5.61. The lowest BCUT2D eigenvalue weighted by molar-refractivity contribution is -0.123. The number of para-hydroxylation sites is 1. The Morgan fingerprint density at radius 3 is 2.95 bits per heavy atom. The molecule has 4 heteroatoms. The van der Waals surface area contributed by atoms with Gasteiger partial charge in [-0.05, 0) is 18.1 Å². The van der Waals surface area contributed by atoms with Crippen molar-refractivity contribution in [3.05, 3.63) is 29.8 Å². The van der Waals surface area contributed by atoms with E-state index in [2.05, 4.69) is 10.6 Å². The molecule has 0 saturated carbocycles. The van der Waals surface area contributed by atoms with Crippen molar-refractivity contribution in [3.8, 4) is 0 Å². The van der Waals surface area contributed by atoms with Crippen LogP contribution in [0.15, 0.2) is 24.3 Å². The summed E-state index contributed by atoms with van der Waals surface area (Å²) in [5.41, 5.74) is 1.84. The summed E-state index contributed by atoms with van der Waals surface area (Å²) in [4.78, 5) is 12.3. The maximum atomic E-state index is 12.3. The quantitative estimate of drug-likeness (QED) is 0.774. The molecule has 1 aromatic rings. The summed E-state index contributed by atoms with van der Waals surface area (Å²) < 4.78 is 0. The normalized spacial score (nSPS) is 18.4. The number of amides is 1. The van der Waals surface area contributed by atoms with E-state index in [-0.39, 0.29) is 23.8 Å². The summed E-state index contributed by atoms with van der Waals surface area (Å²) >= 11 is 0. The van der Waals surface area contributed by atoms with Gasteiger partial charge in [0.15, 0.2) is 0 Å². The number of benzene rings is 1. The van der Waals surface area contributed by atoms with Crippen molar-refractivity contribution in [3.63, 3.8) is 0 Å². The third-order valence-electron chi connectivity index (χ3n) is 3.57. The van der Waals surface area contributed by atoms with Gasteiger partial charge in [0, 0.05) is 30.8 Å². The van der Waals surface area contributed by atoms with Crippen LogP contribution in [0.3, 0.4) is 0 Å². The molecular weight excluding hydrogens is 240 g/mol. The number of hydrogen-bond donors (Lipinski definition) is 3. The minimum Gasteiger partial charge on any atom is -0.396 e. The van der Waals surface area contributed by atoms with E-state index in [1.54, 1.807) is 0 Å². The van der Waals surface area contributed by atoms with Crippen LogP contribution in [0.25, 0.3) is 0 Å². The van der Waals surface area contributed by atoms with Gasteiger partial charge >= 0.3 is 0 Å². The molecule has 0 bridgehead atoms. The molecule has 1 unspecified atom stereocenters. The fourth-order valence-corrected chi connectivity index (χ4v) is 2.25. The highest BCUT2D eigenvalue weighted by atomic mass is 16.3. The fraction of sp³-hybridized carbons (Fsp3) is 0.533. The SMILES string of the molecule is CC(C)(CO)CNC(=O)C1CCNc2ccccc21. The first-order valence-corrected chi connectivity index (χ1v) is 6.75. The molecule has 2 rings (SSSR count). The molecule has 0 spiro atoms. The third kappa shape index (κ3) is 3.26. The molecule has 3 N–H and O–H groups in total. The summed E-state index contributed by atoms with van der Waals surface area (Å²) in [5, 5.41) is 15.5. The maximum absolute atomic E-state index is 12.3. The van der Waals surface area contributed by atoms with Crippen LogP contribution < -0.4 is 10.6 Å². The highest BCUT2D eigenvalue weighted by Gasteiger charge is 2.27. The number of aliphatic hydroxyl groups is 1. The predicted octanol–water partition coefficient (Wildman–Crippen LogP) is 1.72. The van der Waals surface area contributed by atoms with Gasteiger partial charge in [0.05, 0.1) is 5.92 Å². The lowest BCUT2D eigenvalue weighted by Crippen LogP contribution is -2.39. The average Bonchev–Trinajstić information content (AvgIpc) is 2.44. The van der Waals surface area contributed by atoms with Gasteiger partial charge in [0.2, 0.25) is 5.91 Å². The molecule has 0 saturated heterocycles. The number of hydrogen-bond acceptors (Lipinski definition) is 3. The molecule has 1 aliphatic rings. The van der Waals surface area contributed by atoms with Crippen molar-refractivity contribution < 1.29 is 9.90 Å². The Kier molecular flexibility index (Phi) is 4.10. The van der Waals surface area contributed by atoms with Gasteiger partial charge in [-0.1, -0.05) is 32.0 Å². The standard InChI is InChI=1S/C15H22N2O2/c1-15(2,10-18)9-17-14(19)12-7-8-16-13-6-4-3-5-11(12)13/h3-6,12,16,18H,7-10H2,1-2H3,(H,17,19). The van der Waals surface area contributed by atoms with E-state index in [1.165, 1.54) is 0 Å². The number of nitrogens with one attached hydrogen (secondary N) is 2. The molecular formula is C15H22N2O2. The Morgan fingerprint density at radius 2 is 2.21 bits per heavy atom. The largest absolute Gasteiger partial charge is 0.396 e. The summed E-state index contributed by atoms with van der Waals surface area (Å²) in [6.07, 6.45) is 0.808. The second-order valence-corrected chi connectivity index (χ2v) is 5.90. The van der Waals surface area contributed by atoms with E-state index >= 15 is 0 Å². The van der Waals surface area contributed by atoms with Gasteiger partial charge in [-0.15, -0.1) is 0 Å². The minimum atomic E-state index is -0.276. The van der Waals surface area contributed by atoms with Gasteiger partial charge < -0.3 is 15.7 Å². The van der Waals surface area contributed by atoms with Gasteiger partial charge in [0.25, 0.3) is 0 Å². The smallest absolute Gasteiger partial charge is 0.227 e. The monoisotopic (exact) mass is 262 g/mol. The van der Waals surface area contributed by atoms with Crippen LogP contribution in [0.5, 0.6) is 0 Å². The molecule has 104 valence electrons. The van der Waals surface area contributed by atoms with Gasteiger partial charge in [-0.3, -0.25) is 4.79 Å². The highest BCUT2D eigenvalue weighted by Crippen LogP contribution is 2.31. The summed E-state index contributed by atoms with van der Waals surface area (Å²) in [7, 11) is 0. The number of aliphatic hydroxyl groups excluding tert-OH is 1. The topological polar surface area (TPSA) is 61.4 Å². The Morgan fingerprint density at radius 1 is 1.47 bits per heavy atom. The van der Waals surface area contributed by atoms with Crippen molar-refractivity contribution >= 4 is 11.6 Å². The first kappa shape index (κ1) is 13.9. The van der Waals surface area contributed by atoms with E-state index in [1.807, 2.05) is 38.1 Å². The molecule has 1 heterocycles. The predicted molar refractivity (Wildman–Crippen MR) is 76.2 cm³/mol. The first-order chi connectivity index (χ1) is 9.03. The van der Waals surface area contributed by atoms with Gasteiger partial charge in [-0.25, -0.2) is 0 Å². The van der Waals surface area contributed by atoms with Crippen LogP contribution >= 0.6 is 0 Å².